The SMILES string of the molecule is FC(F)(F)c1ccn(-c2cc(C3=CCOO3)nc3ccccc23)n1. The van der Waals surface area contributed by atoms with E-state index in [2.05, 4.69) is 10.1 Å². The van der Waals surface area contributed by atoms with Crippen LogP contribution < -0.4 is 0 Å². The van der Waals surface area contributed by atoms with Crippen LogP contribution in [0.2, 0.25) is 0 Å². The van der Waals surface area contributed by atoms with Crippen molar-refractivity contribution in [2.45, 2.75) is 6.18 Å². The molecule has 24 heavy (non-hydrogen) atoms. The number of halogens is 3. The van der Waals surface area contributed by atoms with E-state index in [1.165, 1.54) is 10.9 Å². The molecule has 4 rings (SSSR count). The second-order valence-corrected chi connectivity index (χ2v) is 5.12. The predicted octanol–water partition coefficient (Wildman–Crippen LogP) is 3.74. The molecule has 0 amide bonds. The Kier molecular flexibility index (Phi) is 3.27. The van der Waals surface area contributed by atoms with Crippen molar-refractivity contribution in [2.75, 3.05) is 6.61 Å². The molecule has 5 nitrogen and oxygen atoms in total. The summed E-state index contributed by atoms with van der Waals surface area (Å²) in [5.74, 6) is 0.421. The van der Waals surface area contributed by atoms with Crippen LogP contribution in [0, 0.1) is 0 Å². The Hall–Kier alpha value is -2.87. The minimum absolute atomic E-state index is 0.291. The van der Waals surface area contributed by atoms with E-state index in [4.69, 9.17) is 9.78 Å². The number of alkyl halides is 3. The monoisotopic (exact) mass is 333 g/mol. The van der Waals surface area contributed by atoms with Crippen molar-refractivity contribution in [1.82, 2.24) is 14.8 Å². The Balaban J connectivity index is 1.91. The van der Waals surface area contributed by atoms with Gasteiger partial charge in [-0.2, -0.15) is 23.2 Å². The van der Waals surface area contributed by atoms with Crippen LogP contribution in [0.3, 0.4) is 0 Å². The summed E-state index contributed by atoms with van der Waals surface area (Å²) < 4.78 is 39.7. The molecule has 3 aromatic rings. The first kappa shape index (κ1) is 14.7. The smallest absolute Gasteiger partial charge is 0.335 e. The van der Waals surface area contributed by atoms with E-state index in [0.717, 1.165) is 6.07 Å². The van der Waals surface area contributed by atoms with Crippen LogP contribution >= 0.6 is 0 Å². The van der Waals surface area contributed by atoms with Gasteiger partial charge in [0.2, 0.25) is 0 Å². The number of hydrogen-bond donors (Lipinski definition) is 0. The van der Waals surface area contributed by atoms with Gasteiger partial charge in [0.05, 0.1) is 11.2 Å². The molecule has 3 heterocycles. The summed E-state index contributed by atoms with van der Waals surface area (Å²) in [5, 5.41) is 4.32. The van der Waals surface area contributed by atoms with E-state index < -0.39 is 11.9 Å². The molecule has 1 aliphatic heterocycles. The van der Waals surface area contributed by atoms with E-state index >= 15 is 0 Å². The van der Waals surface area contributed by atoms with Gasteiger partial charge in [-0.1, -0.05) is 18.2 Å². The zero-order valence-electron chi connectivity index (χ0n) is 12.1. The molecular formula is C16H10F3N3O2. The molecule has 0 saturated carbocycles. The lowest BCUT2D eigenvalue weighted by molar-refractivity contribution is -0.209. The van der Waals surface area contributed by atoms with E-state index in [1.54, 1.807) is 36.4 Å². The number of pyridine rings is 1. The Labute approximate surface area is 133 Å². The van der Waals surface area contributed by atoms with Gasteiger partial charge >= 0.3 is 6.18 Å². The Morgan fingerprint density at radius 3 is 2.67 bits per heavy atom. The molecule has 8 heteroatoms. The fourth-order valence-electron chi connectivity index (χ4n) is 2.47. The van der Waals surface area contributed by atoms with Crippen LogP contribution in [0.1, 0.15) is 11.4 Å². The first-order valence-electron chi connectivity index (χ1n) is 7.05. The van der Waals surface area contributed by atoms with Crippen molar-refractivity contribution in [3.8, 4) is 5.69 Å². The lowest BCUT2D eigenvalue weighted by Crippen LogP contribution is -2.08. The highest BCUT2D eigenvalue weighted by molar-refractivity contribution is 5.88. The highest BCUT2D eigenvalue weighted by Crippen LogP contribution is 2.30. The van der Waals surface area contributed by atoms with E-state index in [-0.39, 0.29) is 0 Å². The maximum Gasteiger partial charge on any atom is 0.435 e. The molecule has 0 saturated heterocycles. The number of benzene rings is 1. The third-order valence-corrected chi connectivity index (χ3v) is 3.56. The lowest BCUT2D eigenvalue weighted by Gasteiger charge is -2.10. The van der Waals surface area contributed by atoms with Crippen LogP contribution in [-0.4, -0.2) is 21.4 Å². The average molecular weight is 333 g/mol. The first-order valence-corrected chi connectivity index (χ1v) is 7.05. The number of rotatable bonds is 2. The molecule has 0 fully saturated rings. The Morgan fingerprint density at radius 2 is 1.96 bits per heavy atom. The van der Waals surface area contributed by atoms with Crippen LogP contribution in [-0.2, 0) is 16.0 Å². The number of fused-ring (bicyclic) bond motifs is 1. The van der Waals surface area contributed by atoms with Gasteiger partial charge < -0.3 is 4.89 Å². The van der Waals surface area contributed by atoms with Crippen LogP contribution in [0.15, 0.2) is 48.7 Å². The van der Waals surface area contributed by atoms with Gasteiger partial charge in [0.15, 0.2) is 11.5 Å². The summed E-state index contributed by atoms with van der Waals surface area (Å²) in [6, 6.07) is 9.69. The van der Waals surface area contributed by atoms with Crippen molar-refractivity contribution < 1.29 is 22.9 Å². The third kappa shape index (κ3) is 2.50. The Morgan fingerprint density at radius 1 is 1.12 bits per heavy atom. The standard InChI is InChI=1S/C16H10F3N3O2/c17-16(18,19)15-5-7-22(21-15)13-9-12(14-6-8-23-24-14)20-11-4-2-1-3-10(11)13/h1-7,9H,8H2. The lowest BCUT2D eigenvalue weighted by atomic mass is 10.1. The van der Waals surface area contributed by atoms with E-state index in [9.17, 15) is 13.2 Å². The van der Waals surface area contributed by atoms with E-state index in [0.29, 0.717) is 34.7 Å². The number of aromatic nitrogens is 3. The highest BCUT2D eigenvalue weighted by atomic mass is 19.4. The largest absolute Gasteiger partial charge is 0.435 e. The average Bonchev–Trinajstić information content (AvgIpc) is 3.25. The second kappa shape index (κ2) is 5.34. The van der Waals surface area contributed by atoms with Crippen LogP contribution in [0.4, 0.5) is 13.2 Å². The fourth-order valence-corrected chi connectivity index (χ4v) is 2.47. The van der Waals surface area contributed by atoms with Crippen molar-refractivity contribution >= 4 is 16.7 Å². The topological polar surface area (TPSA) is 49.2 Å². The quantitative estimate of drug-likeness (QED) is 0.670. The summed E-state index contributed by atoms with van der Waals surface area (Å²) in [7, 11) is 0. The molecule has 0 radical (unpaired) electrons. The maximum absolute atomic E-state index is 12.8. The molecule has 0 spiro atoms. The van der Waals surface area contributed by atoms with Crippen molar-refractivity contribution in [1.29, 1.82) is 0 Å². The van der Waals surface area contributed by atoms with Gasteiger partial charge in [-0.25, -0.2) is 9.67 Å². The molecule has 122 valence electrons. The summed E-state index contributed by atoms with van der Waals surface area (Å²) in [6.07, 6.45) is -1.53. The summed E-state index contributed by atoms with van der Waals surface area (Å²) in [4.78, 5) is 14.3. The molecule has 0 aliphatic carbocycles. The summed E-state index contributed by atoms with van der Waals surface area (Å²) >= 11 is 0. The zero-order valence-corrected chi connectivity index (χ0v) is 12.1. The minimum Gasteiger partial charge on any atom is -0.335 e. The van der Waals surface area contributed by atoms with Crippen LogP contribution in [0.5, 0.6) is 0 Å². The third-order valence-electron chi connectivity index (χ3n) is 3.56. The molecule has 0 bridgehead atoms. The molecule has 0 N–H and O–H groups in total. The van der Waals surface area contributed by atoms with Gasteiger partial charge in [0.25, 0.3) is 0 Å². The van der Waals surface area contributed by atoms with Crippen molar-refractivity contribution in [2.24, 2.45) is 0 Å². The first-order chi connectivity index (χ1) is 11.5. The van der Waals surface area contributed by atoms with Gasteiger partial charge in [-0.05, 0) is 24.3 Å². The second-order valence-electron chi connectivity index (χ2n) is 5.12. The molecular weight excluding hydrogens is 323 g/mol. The molecule has 0 atom stereocenters. The highest BCUT2D eigenvalue weighted by Gasteiger charge is 2.33. The van der Waals surface area contributed by atoms with E-state index in [1.807, 2.05) is 0 Å². The summed E-state index contributed by atoms with van der Waals surface area (Å²) in [5.41, 5.74) is 0.600. The molecule has 0 unspecified atom stereocenters. The van der Waals surface area contributed by atoms with Crippen LogP contribution in [0.25, 0.3) is 22.3 Å². The van der Waals surface area contributed by atoms with Crippen molar-refractivity contribution in [3.05, 3.63) is 60.1 Å². The number of para-hydroxylation sites is 1. The molecule has 1 aromatic carbocycles. The molecule has 2 aromatic heterocycles. The maximum atomic E-state index is 12.8. The van der Waals surface area contributed by atoms with Crippen molar-refractivity contribution in [3.63, 3.8) is 0 Å². The van der Waals surface area contributed by atoms with Gasteiger partial charge in [-0.15, -0.1) is 0 Å². The summed E-state index contributed by atoms with van der Waals surface area (Å²) in [6.45, 7) is 0.291. The number of nitrogens with zero attached hydrogens (tertiary/aromatic N) is 3. The number of hydrogen-bond acceptors (Lipinski definition) is 4. The zero-order chi connectivity index (χ0) is 16.7. The Bertz CT molecular complexity index is 947. The molecule has 1 aliphatic rings. The normalized spacial score (nSPS) is 14.7. The minimum atomic E-state index is -4.50. The fraction of sp³-hybridized carbons (Fsp3) is 0.125. The van der Waals surface area contributed by atoms with Gasteiger partial charge in [0.1, 0.15) is 12.3 Å². The van der Waals surface area contributed by atoms with Gasteiger partial charge in [-0.3, -0.25) is 0 Å². The van der Waals surface area contributed by atoms with Gasteiger partial charge in [0, 0.05) is 11.6 Å². The predicted molar refractivity (Wildman–Crippen MR) is 78.9 cm³/mol.